The number of hydrogen-bond donors (Lipinski definition) is 0. The minimum atomic E-state index is -0.827. The molecule has 1 aliphatic heterocycles. The van der Waals surface area contributed by atoms with Crippen LogP contribution in [0.3, 0.4) is 0 Å². The van der Waals surface area contributed by atoms with Crippen LogP contribution in [0.2, 0.25) is 0 Å². The fourth-order valence-corrected chi connectivity index (χ4v) is 3.61. The van der Waals surface area contributed by atoms with Crippen LogP contribution in [0.5, 0.6) is 0 Å². The second kappa shape index (κ2) is 6.67. The minimum absolute atomic E-state index is 0.0706. The first-order chi connectivity index (χ1) is 11.6. The zero-order valence-corrected chi connectivity index (χ0v) is 14.2. The van der Waals surface area contributed by atoms with Gasteiger partial charge in [0.1, 0.15) is 0 Å². The number of hydrogen-bond acceptors (Lipinski definition) is 4. The molecule has 2 aromatic rings. The van der Waals surface area contributed by atoms with Crippen LogP contribution >= 0.6 is 0 Å². The van der Waals surface area contributed by atoms with E-state index in [1.165, 1.54) is 5.52 Å². The SMILES string of the molecule is CCOC(=O)CC1(C(=O)OCC)CCn2c(cc3ccccc32)C1. The van der Waals surface area contributed by atoms with Gasteiger partial charge in [0.2, 0.25) is 0 Å². The average Bonchev–Trinajstić information content (AvgIpc) is 2.92. The number of nitrogens with zero attached hydrogens (tertiary/aromatic N) is 1. The van der Waals surface area contributed by atoms with Crippen LogP contribution in [0.15, 0.2) is 30.3 Å². The van der Waals surface area contributed by atoms with Gasteiger partial charge in [0, 0.05) is 24.2 Å². The molecule has 128 valence electrons. The van der Waals surface area contributed by atoms with Crippen molar-refractivity contribution in [1.82, 2.24) is 4.57 Å². The minimum Gasteiger partial charge on any atom is -0.466 e. The highest BCUT2D eigenvalue weighted by molar-refractivity contribution is 5.86. The van der Waals surface area contributed by atoms with Crippen molar-refractivity contribution in [3.63, 3.8) is 0 Å². The maximum absolute atomic E-state index is 12.6. The summed E-state index contributed by atoms with van der Waals surface area (Å²) in [5, 5.41) is 1.16. The van der Waals surface area contributed by atoms with Gasteiger partial charge in [-0.2, -0.15) is 0 Å². The monoisotopic (exact) mass is 329 g/mol. The highest BCUT2D eigenvalue weighted by Crippen LogP contribution is 2.40. The summed E-state index contributed by atoms with van der Waals surface area (Å²) in [4.78, 5) is 24.7. The number of aromatic nitrogens is 1. The second-order valence-electron chi connectivity index (χ2n) is 6.26. The molecule has 0 amide bonds. The number of fused-ring (bicyclic) bond motifs is 3. The number of rotatable bonds is 5. The number of ether oxygens (including phenoxy) is 2. The molecule has 0 saturated heterocycles. The van der Waals surface area contributed by atoms with E-state index in [0.717, 1.165) is 11.1 Å². The molecule has 5 heteroatoms. The molecule has 0 spiro atoms. The highest BCUT2D eigenvalue weighted by atomic mass is 16.5. The summed E-state index contributed by atoms with van der Waals surface area (Å²) >= 11 is 0. The zero-order valence-electron chi connectivity index (χ0n) is 14.2. The summed E-state index contributed by atoms with van der Waals surface area (Å²) in [7, 11) is 0. The van der Waals surface area contributed by atoms with Crippen molar-refractivity contribution in [2.75, 3.05) is 13.2 Å². The van der Waals surface area contributed by atoms with Crippen LogP contribution in [0.4, 0.5) is 0 Å². The van der Waals surface area contributed by atoms with Gasteiger partial charge in [-0.3, -0.25) is 9.59 Å². The highest BCUT2D eigenvalue weighted by Gasteiger charge is 2.45. The largest absolute Gasteiger partial charge is 0.466 e. The topological polar surface area (TPSA) is 57.5 Å². The Labute approximate surface area is 141 Å². The predicted molar refractivity (Wildman–Crippen MR) is 90.6 cm³/mol. The first kappa shape index (κ1) is 16.6. The molecule has 24 heavy (non-hydrogen) atoms. The second-order valence-corrected chi connectivity index (χ2v) is 6.26. The van der Waals surface area contributed by atoms with Crippen molar-refractivity contribution in [2.24, 2.45) is 5.41 Å². The van der Waals surface area contributed by atoms with E-state index >= 15 is 0 Å². The van der Waals surface area contributed by atoms with Gasteiger partial charge >= 0.3 is 11.9 Å². The van der Waals surface area contributed by atoms with Gasteiger partial charge in [-0.1, -0.05) is 18.2 Å². The third-order valence-corrected chi connectivity index (χ3v) is 4.73. The molecule has 0 bridgehead atoms. The first-order valence-electron chi connectivity index (χ1n) is 8.49. The molecule has 0 fully saturated rings. The van der Waals surface area contributed by atoms with Crippen molar-refractivity contribution in [2.45, 2.75) is 39.7 Å². The third-order valence-electron chi connectivity index (χ3n) is 4.73. The van der Waals surface area contributed by atoms with Crippen LogP contribution in [0.1, 0.15) is 32.4 Å². The van der Waals surface area contributed by atoms with Crippen molar-refractivity contribution in [3.05, 3.63) is 36.0 Å². The predicted octanol–water partition coefficient (Wildman–Crippen LogP) is 3.09. The van der Waals surface area contributed by atoms with Gasteiger partial charge in [0.15, 0.2) is 0 Å². The lowest BCUT2D eigenvalue weighted by Gasteiger charge is -2.35. The number of benzene rings is 1. The number of para-hydroxylation sites is 1. The van der Waals surface area contributed by atoms with E-state index in [0.29, 0.717) is 32.6 Å². The first-order valence-corrected chi connectivity index (χ1v) is 8.49. The van der Waals surface area contributed by atoms with E-state index < -0.39 is 5.41 Å². The van der Waals surface area contributed by atoms with Gasteiger partial charge in [-0.05, 0) is 37.8 Å². The molecule has 1 aromatic heterocycles. The number of aryl methyl sites for hydroxylation is 1. The molecule has 5 nitrogen and oxygen atoms in total. The molecule has 1 unspecified atom stereocenters. The van der Waals surface area contributed by atoms with E-state index in [1.807, 2.05) is 12.1 Å². The lowest BCUT2D eigenvalue weighted by atomic mass is 9.75. The molecular formula is C19H23NO4. The molecule has 2 heterocycles. The molecule has 1 aromatic carbocycles. The number of carbonyl (C=O) groups excluding carboxylic acids is 2. The van der Waals surface area contributed by atoms with Crippen LogP contribution in [0, 0.1) is 5.41 Å². The normalized spacial score (nSPS) is 19.8. The number of carbonyl (C=O) groups is 2. The van der Waals surface area contributed by atoms with Crippen LogP contribution in [-0.2, 0) is 32.0 Å². The van der Waals surface area contributed by atoms with Gasteiger partial charge in [0.05, 0.1) is 25.0 Å². The fourth-order valence-electron chi connectivity index (χ4n) is 3.61. The van der Waals surface area contributed by atoms with Gasteiger partial charge in [-0.25, -0.2) is 0 Å². The maximum Gasteiger partial charge on any atom is 0.313 e. The summed E-state index contributed by atoms with van der Waals surface area (Å²) in [6, 6.07) is 10.3. The Morgan fingerprint density at radius 1 is 1.17 bits per heavy atom. The van der Waals surface area contributed by atoms with E-state index in [-0.39, 0.29) is 18.4 Å². The Balaban J connectivity index is 1.95. The molecular weight excluding hydrogens is 306 g/mol. The summed E-state index contributed by atoms with van der Waals surface area (Å²) < 4.78 is 12.6. The quantitative estimate of drug-likeness (QED) is 0.791. The van der Waals surface area contributed by atoms with E-state index in [1.54, 1.807) is 13.8 Å². The molecule has 1 atom stereocenters. The summed E-state index contributed by atoms with van der Waals surface area (Å²) in [6.45, 7) is 4.88. The Bertz CT molecular complexity index is 764. The lowest BCUT2D eigenvalue weighted by molar-refractivity contribution is -0.163. The third kappa shape index (κ3) is 2.90. The Kier molecular flexibility index (Phi) is 4.60. The number of esters is 2. The van der Waals surface area contributed by atoms with Crippen molar-refractivity contribution >= 4 is 22.8 Å². The van der Waals surface area contributed by atoms with Gasteiger partial charge < -0.3 is 14.0 Å². The van der Waals surface area contributed by atoms with Crippen LogP contribution in [0.25, 0.3) is 10.9 Å². The molecule has 0 radical (unpaired) electrons. The zero-order chi connectivity index (χ0) is 17.2. The standard InChI is InChI=1S/C19H23NO4/c1-3-23-17(21)13-19(18(22)24-4-2)9-10-20-15(12-19)11-14-7-5-6-8-16(14)20/h5-8,11H,3-4,9-10,12-13H2,1-2H3. The maximum atomic E-state index is 12.6. The molecule has 0 aliphatic carbocycles. The Morgan fingerprint density at radius 3 is 2.67 bits per heavy atom. The van der Waals surface area contributed by atoms with Crippen molar-refractivity contribution in [1.29, 1.82) is 0 Å². The van der Waals surface area contributed by atoms with Crippen LogP contribution < -0.4 is 0 Å². The lowest BCUT2D eigenvalue weighted by Crippen LogP contribution is -2.42. The van der Waals surface area contributed by atoms with Gasteiger partial charge in [-0.15, -0.1) is 0 Å². The molecule has 3 rings (SSSR count). The summed E-state index contributed by atoms with van der Waals surface area (Å²) in [5.74, 6) is -0.635. The van der Waals surface area contributed by atoms with Crippen molar-refractivity contribution < 1.29 is 19.1 Å². The Morgan fingerprint density at radius 2 is 1.92 bits per heavy atom. The van der Waals surface area contributed by atoms with E-state index in [9.17, 15) is 9.59 Å². The van der Waals surface area contributed by atoms with Crippen molar-refractivity contribution in [3.8, 4) is 0 Å². The Hall–Kier alpha value is -2.30. The summed E-state index contributed by atoms with van der Waals surface area (Å²) in [6.07, 6.45) is 1.15. The smallest absolute Gasteiger partial charge is 0.313 e. The van der Waals surface area contributed by atoms with E-state index in [4.69, 9.17) is 9.47 Å². The molecule has 0 saturated carbocycles. The molecule has 1 aliphatic rings. The average molecular weight is 329 g/mol. The van der Waals surface area contributed by atoms with Crippen LogP contribution in [-0.4, -0.2) is 29.7 Å². The summed E-state index contributed by atoms with van der Waals surface area (Å²) in [5.41, 5.74) is 1.41. The van der Waals surface area contributed by atoms with Gasteiger partial charge in [0.25, 0.3) is 0 Å². The van der Waals surface area contributed by atoms with E-state index in [2.05, 4.69) is 22.8 Å². The fraction of sp³-hybridized carbons (Fsp3) is 0.474. The molecule has 0 N–H and O–H groups in total.